The average molecular weight is 281 g/mol. The highest BCUT2D eigenvalue weighted by Gasteiger charge is 2.09. The van der Waals surface area contributed by atoms with E-state index in [2.05, 4.69) is 12.2 Å². The molecule has 20 heavy (non-hydrogen) atoms. The van der Waals surface area contributed by atoms with E-state index >= 15 is 0 Å². The predicted octanol–water partition coefficient (Wildman–Crippen LogP) is 3.80. The molecule has 1 atom stereocenters. The van der Waals surface area contributed by atoms with Crippen molar-refractivity contribution in [3.05, 3.63) is 35.6 Å². The lowest BCUT2D eigenvalue weighted by Crippen LogP contribution is -2.25. The van der Waals surface area contributed by atoms with Crippen LogP contribution >= 0.6 is 0 Å². The summed E-state index contributed by atoms with van der Waals surface area (Å²) < 4.78 is 18.3. The molecule has 0 spiro atoms. The van der Waals surface area contributed by atoms with Crippen LogP contribution in [0.4, 0.5) is 4.39 Å². The molecule has 0 aliphatic carbocycles. The molecular weight excluding hydrogens is 253 g/mol. The van der Waals surface area contributed by atoms with Crippen LogP contribution in [-0.4, -0.2) is 26.3 Å². The van der Waals surface area contributed by atoms with Crippen LogP contribution in [0.1, 0.15) is 38.7 Å². The maximum Gasteiger partial charge on any atom is 0.123 e. The molecule has 1 rings (SSSR count). The number of hydrogen-bond acceptors (Lipinski definition) is 2. The molecule has 2 nitrogen and oxygen atoms in total. The van der Waals surface area contributed by atoms with Crippen molar-refractivity contribution in [2.45, 2.75) is 39.5 Å². The molecule has 0 saturated carbocycles. The number of nitrogens with one attached hydrogen (secondary N) is 1. The van der Waals surface area contributed by atoms with E-state index < -0.39 is 0 Å². The van der Waals surface area contributed by atoms with Crippen molar-refractivity contribution in [3.8, 4) is 0 Å². The first-order valence-corrected chi connectivity index (χ1v) is 7.79. The third-order valence-corrected chi connectivity index (χ3v) is 3.40. The van der Waals surface area contributed by atoms with Gasteiger partial charge >= 0.3 is 0 Å². The van der Waals surface area contributed by atoms with Crippen molar-refractivity contribution in [1.82, 2.24) is 5.32 Å². The van der Waals surface area contributed by atoms with Gasteiger partial charge in [-0.25, -0.2) is 4.39 Å². The van der Waals surface area contributed by atoms with Gasteiger partial charge in [0.1, 0.15) is 5.82 Å². The third-order valence-electron chi connectivity index (χ3n) is 3.40. The first-order valence-electron chi connectivity index (χ1n) is 7.79. The Bertz CT molecular complexity index is 339. The van der Waals surface area contributed by atoms with E-state index in [9.17, 15) is 4.39 Å². The second-order valence-electron chi connectivity index (χ2n) is 5.24. The molecule has 1 aromatic carbocycles. The fourth-order valence-electron chi connectivity index (χ4n) is 2.33. The molecule has 0 heterocycles. The average Bonchev–Trinajstić information content (AvgIpc) is 2.46. The molecule has 3 heteroatoms. The van der Waals surface area contributed by atoms with E-state index in [1.54, 1.807) is 12.1 Å². The first-order chi connectivity index (χ1) is 9.76. The molecule has 0 saturated heterocycles. The van der Waals surface area contributed by atoms with E-state index in [0.29, 0.717) is 5.92 Å². The van der Waals surface area contributed by atoms with E-state index in [1.807, 2.05) is 19.1 Å². The standard InChI is InChI=1S/C17H28FNO/c1-3-11-19-14-16(6-5-12-20-4-2)13-15-7-9-17(18)10-8-15/h7-10,16,19H,3-6,11-14H2,1-2H3. The summed E-state index contributed by atoms with van der Waals surface area (Å²) in [5.74, 6) is 0.429. The van der Waals surface area contributed by atoms with Gasteiger partial charge in [-0.1, -0.05) is 19.1 Å². The Balaban J connectivity index is 2.41. The van der Waals surface area contributed by atoms with Crippen molar-refractivity contribution < 1.29 is 9.13 Å². The minimum atomic E-state index is -0.161. The maximum atomic E-state index is 12.9. The zero-order valence-corrected chi connectivity index (χ0v) is 12.8. The van der Waals surface area contributed by atoms with Crippen LogP contribution in [0.5, 0.6) is 0 Å². The van der Waals surface area contributed by atoms with Crippen LogP contribution in [0.15, 0.2) is 24.3 Å². The van der Waals surface area contributed by atoms with Gasteiger partial charge in [-0.3, -0.25) is 0 Å². The van der Waals surface area contributed by atoms with Crippen LogP contribution in [-0.2, 0) is 11.2 Å². The molecule has 0 bridgehead atoms. The second kappa shape index (κ2) is 10.8. The molecule has 0 fully saturated rings. The SMILES string of the molecule is CCCNCC(CCCOCC)Cc1ccc(F)cc1. The molecule has 0 aromatic heterocycles. The van der Waals surface area contributed by atoms with Crippen molar-refractivity contribution in [3.63, 3.8) is 0 Å². The lowest BCUT2D eigenvalue weighted by atomic mass is 9.94. The van der Waals surface area contributed by atoms with E-state index in [4.69, 9.17) is 4.74 Å². The predicted molar refractivity (Wildman–Crippen MR) is 82.5 cm³/mol. The van der Waals surface area contributed by atoms with Crippen molar-refractivity contribution >= 4 is 0 Å². The van der Waals surface area contributed by atoms with E-state index in [-0.39, 0.29) is 5.82 Å². The van der Waals surface area contributed by atoms with Gasteiger partial charge < -0.3 is 10.1 Å². The fraction of sp³-hybridized carbons (Fsp3) is 0.647. The zero-order valence-electron chi connectivity index (χ0n) is 12.8. The molecule has 1 aromatic rings. The topological polar surface area (TPSA) is 21.3 Å². The van der Waals surface area contributed by atoms with Gasteiger partial charge in [0.25, 0.3) is 0 Å². The highest BCUT2D eigenvalue weighted by Crippen LogP contribution is 2.14. The molecule has 0 amide bonds. The first kappa shape index (κ1) is 17.1. The number of rotatable bonds is 11. The monoisotopic (exact) mass is 281 g/mol. The largest absolute Gasteiger partial charge is 0.382 e. The number of halogens is 1. The maximum absolute atomic E-state index is 12.9. The summed E-state index contributed by atoms with van der Waals surface area (Å²) in [5.41, 5.74) is 1.21. The Morgan fingerprint density at radius 1 is 1.20 bits per heavy atom. The molecule has 1 unspecified atom stereocenters. The molecular formula is C17H28FNO. The minimum absolute atomic E-state index is 0.161. The smallest absolute Gasteiger partial charge is 0.123 e. The number of hydrogen-bond donors (Lipinski definition) is 1. The van der Waals surface area contributed by atoms with Crippen LogP contribution in [0.3, 0.4) is 0 Å². The summed E-state index contributed by atoms with van der Waals surface area (Å²) in [7, 11) is 0. The number of benzene rings is 1. The van der Waals surface area contributed by atoms with Gasteiger partial charge in [-0.05, 0) is 69.3 Å². The normalized spacial score (nSPS) is 12.6. The quantitative estimate of drug-likeness (QED) is 0.623. The Hall–Kier alpha value is -0.930. The lowest BCUT2D eigenvalue weighted by molar-refractivity contribution is 0.139. The molecule has 0 aliphatic heterocycles. The highest BCUT2D eigenvalue weighted by atomic mass is 19.1. The second-order valence-corrected chi connectivity index (χ2v) is 5.24. The Kier molecular flexibility index (Phi) is 9.25. The minimum Gasteiger partial charge on any atom is -0.382 e. The van der Waals surface area contributed by atoms with Crippen LogP contribution in [0.2, 0.25) is 0 Å². The highest BCUT2D eigenvalue weighted by molar-refractivity contribution is 5.16. The summed E-state index contributed by atoms with van der Waals surface area (Å²) in [6, 6.07) is 6.88. The van der Waals surface area contributed by atoms with E-state index in [0.717, 1.165) is 52.0 Å². The van der Waals surface area contributed by atoms with Crippen LogP contribution in [0, 0.1) is 11.7 Å². The van der Waals surface area contributed by atoms with E-state index in [1.165, 1.54) is 5.56 Å². The lowest BCUT2D eigenvalue weighted by Gasteiger charge is -2.18. The Morgan fingerprint density at radius 2 is 1.95 bits per heavy atom. The zero-order chi connectivity index (χ0) is 14.6. The van der Waals surface area contributed by atoms with Gasteiger partial charge in [0.05, 0.1) is 0 Å². The van der Waals surface area contributed by atoms with Gasteiger partial charge in [0.15, 0.2) is 0 Å². The Morgan fingerprint density at radius 3 is 2.60 bits per heavy atom. The van der Waals surface area contributed by atoms with Crippen molar-refractivity contribution in [1.29, 1.82) is 0 Å². The molecule has 114 valence electrons. The third kappa shape index (κ3) is 7.61. The summed E-state index contributed by atoms with van der Waals surface area (Å²) in [5, 5.41) is 3.49. The summed E-state index contributed by atoms with van der Waals surface area (Å²) >= 11 is 0. The van der Waals surface area contributed by atoms with Crippen molar-refractivity contribution in [2.24, 2.45) is 5.92 Å². The van der Waals surface area contributed by atoms with Gasteiger partial charge in [-0.15, -0.1) is 0 Å². The summed E-state index contributed by atoms with van der Waals surface area (Å²) in [6.07, 6.45) is 4.40. The van der Waals surface area contributed by atoms with Gasteiger partial charge in [0, 0.05) is 13.2 Å². The summed E-state index contributed by atoms with van der Waals surface area (Å²) in [6.45, 7) is 7.92. The van der Waals surface area contributed by atoms with Crippen LogP contribution in [0.25, 0.3) is 0 Å². The van der Waals surface area contributed by atoms with Gasteiger partial charge in [-0.2, -0.15) is 0 Å². The summed E-state index contributed by atoms with van der Waals surface area (Å²) in [4.78, 5) is 0. The van der Waals surface area contributed by atoms with Crippen molar-refractivity contribution in [2.75, 3.05) is 26.3 Å². The Labute approximate surface area is 122 Å². The van der Waals surface area contributed by atoms with Crippen LogP contribution < -0.4 is 5.32 Å². The van der Waals surface area contributed by atoms with Gasteiger partial charge in [0.2, 0.25) is 0 Å². The fourth-order valence-corrected chi connectivity index (χ4v) is 2.33. The molecule has 1 N–H and O–H groups in total. The number of ether oxygens (including phenoxy) is 1. The molecule has 0 radical (unpaired) electrons. The molecule has 0 aliphatic rings.